The van der Waals surface area contributed by atoms with E-state index in [9.17, 15) is 14.7 Å². The first-order chi connectivity index (χ1) is 11.1. The first kappa shape index (κ1) is 20.1. The number of hydrogen-bond donors (Lipinski definition) is 2. The minimum Gasteiger partial charge on any atom is -0.480 e. The van der Waals surface area contributed by atoms with Crippen molar-refractivity contribution >= 4 is 47.1 Å². The monoisotopic (exact) mass is 333 g/mol. The molecule has 0 saturated carbocycles. The Hall–Kier alpha value is -1.95. The van der Waals surface area contributed by atoms with Gasteiger partial charge in [0.05, 0.1) is 5.71 Å². The van der Waals surface area contributed by atoms with Crippen LogP contribution in [0.5, 0.6) is 0 Å². The van der Waals surface area contributed by atoms with Crippen molar-refractivity contribution in [2.75, 3.05) is 0 Å². The standard InChI is InChI=1S/C18H18N2O3.Na/c19-16(21)12-11-15(18(22)23)20-17(13-7-3-1-4-8-13)14-9-5-2-6-10-14;/h1-10,15H,11-12H2,(H2,19,21)(H,22,23);/t15-;/m0./s1. The molecule has 0 fully saturated rings. The summed E-state index contributed by atoms with van der Waals surface area (Å²) in [5, 5.41) is 9.37. The van der Waals surface area contributed by atoms with Crippen LogP contribution in [-0.4, -0.2) is 58.3 Å². The van der Waals surface area contributed by atoms with Gasteiger partial charge in [0.1, 0.15) is 6.04 Å². The molecule has 24 heavy (non-hydrogen) atoms. The van der Waals surface area contributed by atoms with Crippen LogP contribution in [0.15, 0.2) is 65.7 Å². The Balaban J connectivity index is 0.00000288. The number of nitrogens with two attached hydrogens (primary N) is 1. The van der Waals surface area contributed by atoms with Gasteiger partial charge in [0.2, 0.25) is 5.91 Å². The van der Waals surface area contributed by atoms with Crippen LogP contribution in [0.25, 0.3) is 0 Å². The molecule has 1 radical (unpaired) electrons. The second-order valence-corrected chi connectivity index (χ2v) is 5.07. The summed E-state index contributed by atoms with van der Waals surface area (Å²) in [6.07, 6.45) is 0.0607. The molecule has 0 aliphatic rings. The summed E-state index contributed by atoms with van der Waals surface area (Å²) >= 11 is 0. The number of primary amides is 1. The third kappa shape index (κ3) is 5.92. The minimum absolute atomic E-state index is 0. The van der Waals surface area contributed by atoms with Gasteiger partial charge in [0, 0.05) is 47.1 Å². The van der Waals surface area contributed by atoms with Crippen LogP contribution in [0, 0.1) is 0 Å². The van der Waals surface area contributed by atoms with Crippen LogP contribution in [0.2, 0.25) is 0 Å². The molecule has 0 spiro atoms. The van der Waals surface area contributed by atoms with Crippen LogP contribution >= 0.6 is 0 Å². The fourth-order valence-electron chi connectivity index (χ4n) is 2.19. The molecule has 1 atom stereocenters. The van der Waals surface area contributed by atoms with Crippen LogP contribution < -0.4 is 5.73 Å². The molecule has 0 heterocycles. The number of rotatable bonds is 7. The summed E-state index contributed by atoms with van der Waals surface area (Å²) in [5.41, 5.74) is 7.35. The van der Waals surface area contributed by atoms with E-state index in [4.69, 9.17) is 5.73 Å². The van der Waals surface area contributed by atoms with E-state index >= 15 is 0 Å². The molecule has 2 rings (SSSR count). The molecular formula is C18H18N2NaO3. The SMILES string of the molecule is NC(=O)CC[C@H](N=C(c1ccccc1)c1ccccc1)C(=O)O.[Na]. The second kappa shape index (κ2) is 10.0. The third-order valence-corrected chi connectivity index (χ3v) is 3.33. The second-order valence-electron chi connectivity index (χ2n) is 5.07. The molecule has 0 aromatic heterocycles. The van der Waals surface area contributed by atoms with Crippen LogP contribution in [0.1, 0.15) is 24.0 Å². The van der Waals surface area contributed by atoms with Gasteiger partial charge in [-0.25, -0.2) is 4.79 Å². The van der Waals surface area contributed by atoms with E-state index < -0.39 is 17.9 Å². The van der Waals surface area contributed by atoms with Gasteiger partial charge in [0.15, 0.2) is 0 Å². The summed E-state index contributed by atoms with van der Waals surface area (Å²) in [6.45, 7) is 0. The predicted octanol–water partition coefficient (Wildman–Crippen LogP) is 1.86. The number of carbonyl (C=O) groups is 2. The molecule has 0 aliphatic heterocycles. The summed E-state index contributed by atoms with van der Waals surface area (Å²) < 4.78 is 0. The number of carboxylic acid groups (broad SMARTS) is 1. The number of carbonyl (C=O) groups excluding carboxylic acids is 1. The number of amides is 1. The maximum absolute atomic E-state index is 11.5. The van der Waals surface area contributed by atoms with Crippen molar-refractivity contribution in [3.63, 3.8) is 0 Å². The van der Waals surface area contributed by atoms with E-state index in [0.29, 0.717) is 5.71 Å². The van der Waals surface area contributed by atoms with Crippen molar-refractivity contribution in [1.82, 2.24) is 0 Å². The van der Waals surface area contributed by atoms with Gasteiger partial charge in [-0.05, 0) is 6.42 Å². The van der Waals surface area contributed by atoms with E-state index in [2.05, 4.69) is 4.99 Å². The molecule has 2 aromatic rings. The Morgan fingerprint density at radius 3 is 1.79 bits per heavy atom. The van der Waals surface area contributed by atoms with Crippen molar-refractivity contribution in [3.8, 4) is 0 Å². The molecule has 6 heteroatoms. The minimum atomic E-state index is -1.07. The van der Waals surface area contributed by atoms with Crippen molar-refractivity contribution in [2.24, 2.45) is 10.7 Å². The summed E-state index contributed by atoms with van der Waals surface area (Å²) in [7, 11) is 0. The van der Waals surface area contributed by atoms with Crippen molar-refractivity contribution in [3.05, 3.63) is 71.8 Å². The number of benzene rings is 2. The van der Waals surface area contributed by atoms with E-state index in [1.165, 1.54) is 0 Å². The zero-order valence-electron chi connectivity index (χ0n) is 13.6. The third-order valence-electron chi connectivity index (χ3n) is 3.33. The average molecular weight is 333 g/mol. The van der Waals surface area contributed by atoms with Crippen LogP contribution in [0.3, 0.4) is 0 Å². The molecular weight excluding hydrogens is 315 g/mol. The van der Waals surface area contributed by atoms with E-state index in [1.54, 1.807) is 0 Å². The van der Waals surface area contributed by atoms with Gasteiger partial charge in [-0.1, -0.05) is 60.7 Å². The Morgan fingerprint density at radius 1 is 0.958 bits per heavy atom. The fraction of sp³-hybridized carbons (Fsp3) is 0.167. The number of aliphatic carboxylic acids is 1. The van der Waals surface area contributed by atoms with Crippen molar-refractivity contribution in [2.45, 2.75) is 18.9 Å². The Morgan fingerprint density at radius 2 is 1.42 bits per heavy atom. The number of aliphatic imine (C=N–C) groups is 1. The Kier molecular flexibility index (Phi) is 8.40. The van der Waals surface area contributed by atoms with Crippen molar-refractivity contribution < 1.29 is 14.7 Å². The first-order valence-electron chi connectivity index (χ1n) is 7.27. The summed E-state index contributed by atoms with van der Waals surface area (Å²) in [5.74, 6) is -1.61. The molecule has 5 nitrogen and oxygen atoms in total. The summed E-state index contributed by atoms with van der Waals surface area (Å²) in [6, 6.07) is 17.7. The smallest absolute Gasteiger partial charge is 0.328 e. The molecule has 2 aromatic carbocycles. The maximum Gasteiger partial charge on any atom is 0.328 e. The number of hydrogen-bond acceptors (Lipinski definition) is 3. The van der Waals surface area contributed by atoms with E-state index in [0.717, 1.165) is 11.1 Å². The fourth-order valence-corrected chi connectivity index (χ4v) is 2.19. The van der Waals surface area contributed by atoms with Gasteiger partial charge in [0.25, 0.3) is 0 Å². The van der Waals surface area contributed by atoms with Crippen LogP contribution in [-0.2, 0) is 9.59 Å². The normalized spacial score (nSPS) is 11.0. The van der Waals surface area contributed by atoms with E-state index in [1.807, 2.05) is 60.7 Å². The van der Waals surface area contributed by atoms with Crippen molar-refractivity contribution in [1.29, 1.82) is 0 Å². The average Bonchev–Trinajstić information content (AvgIpc) is 2.56. The zero-order chi connectivity index (χ0) is 16.7. The number of nitrogens with zero attached hydrogens (tertiary/aromatic N) is 1. The maximum atomic E-state index is 11.5. The largest absolute Gasteiger partial charge is 0.480 e. The molecule has 0 bridgehead atoms. The van der Waals surface area contributed by atoms with Gasteiger partial charge < -0.3 is 10.8 Å². The predicted molar refractivity (Wildman–Crippen MR) is 94.1 cm³/mol. The van der Waals surface area contributed by atoms with E-state index in [-0.39, 0.29) is 42.4 Å². The molecule has 0 aliphatic carbocycles. The number of carboxylic acids is 1. The first-order valence-corrected chi connectivity index (χ1v) is 7.27. The zero-order valence-corrected chi connectivity index (χ0v) is 15.6. The topological polar surface area (TPSA) is 92.8 Å². The Bertz CT molecular complexity index is 661. The van der Waals surface area contributed by atoms with Gasteiger partial charge in [-0.2, -0.15) is 0 Å². The van der Waals surface area contributed by atoms with Gasteiger partial charge in [-0.15, -0.1) is 0 Å². The van der Waals surface area contributed by atoms with Crippen LogP contribution in [0.4, 0.5) is 0 Å². The van der Waals surface area contributed by atoms with Gasteiger partial charge >= 0.3 is 5.97 Å². The molecule has 1 amide bonds. The Labute approximate surface area is 162 Å². The summed E-state index contributed by atoms with van der Waals surface area (Å²) in [4.78, 5) is 26.8. The quantitative estimate of drug-likeness (QED) is 0.598. The molecule has 0 unspecified atom stereocenters. The van der Waals surface area contributed by atoms with Gasteiger partial charge in [-0.3, -0.25) is 9.79 Å². The molecule has 3 N–H and O–H groups in total. The molecule has 0 saturated heterocycles. The molecule has 119 valence electrons.